The van der Waals surface area contributed by atoms with Crippen molar-refractivity contribution < 1.29 is 4.79 Å². The number of aromatic nitrogens is 2. The number of carbonyl (C=O) groups is 1. The van der Waals surface area contributed by atoms with Gasteiger partial charge in [0.05, 0.1) is 10.7 Å². The number of H-pyrrole nitrogens is 1. The molecule has 5 nitrogen and oxygen atoms in total. The van der Waals surface area contributed by atoms with Crippen LogP contribution in [0.2, 0.25) is 10.0 Å². The molecule has 0 saturated carbocycles. The Morgan fingerprint density at radius 1 is 1.20 bits per heavy atom. The Labute approximate surface area is 157 Å². The van der Waals surface area contributed by atoms with E-state index >= 15 is 0 Å². The second kappa shape index (κ2) is 8.70. The quantitative estimate of drug-likeness (QED) is 0.770. The van der Waals surface area contributed by atoms with E-state index in [-0.39, 0.29) is 5.91 Å². The van der Waals surface area contributed by atoms with Crippen LogP contribution in [0.15, 0.2) is 24.3 Å². The largest absolute Gasteiger partial charge is 0.311 e. The average molecular weight is 381 g/mol. The number of piperidine rings is 1. The van der Waals surface area contributed by atoms with E-state index in [4.69, 9.17) is 23.2 Å². The van der Waals surface area contributed by atoms with Gasteiger partial charge in [0.1, 0.15) is 5.82 Å². The zero-order valence-corrected chi connectivity index (χ0v) is 15.5. The second-order valence-corrected chi connectivity index (χ2v) is 7.19. The van der Waals surface area contributed by atoms with Gasteiger partial charge < -0.3 is 10.2 Å². The van der Waals surface area contributed by atoms with Crippen LogP contribution in [0.3, 0.4) is 0 Å². The molecule has 0 atom stereocenters. The van der Waals surface area contributed by atoms with Crippen LogP contribution in [-0.4, -0.2) is 40.6 Å². The number of amides is 1. The zero-order valence-electron chi connectivity index (χ0n) is 14.0. The number of hydrogen-bond acceptors (Lipinski definition) is 3. The molecule has 0 aliphatic carbocycles. The van der Waals surface area contributed by atoms with Crippen molar-refractivity contribution in [3.05, 3.63) is 34.3 Å². The fourth-order valence-electron chi connectivity index (χ4n) is 3.08. The van der Waals surface area contributed by atoms with Gasteiger partial charge in [0.25, 0.3) is 0 Å². The van der Waals surface area contributed by atoms with Gasteiger partial charge in [0.2, 0.25) is 5.91 Å². The van der Waals surface area contributed by atoms with Crippen molar-refractivity contribution in [2.45, 2.75) is 32.1 Å². The summed E-state index contributed by atoms with van der Waals surface area (Å²) in [7, 11) is 0. The SMILES string of the molecule is O=C(CCCN1CCCCC1)Nc1cc(-c2ccc(Cl)cc2Cl)n[nH]1. The van der Waals surface area contributed by atoms with Gasteiger partial charge in [0, 0.05) is 23.1 Å². The lowest BCUT2D eigenvalue weighted by Gasteiger charge is -2.26. The summed E-state index contributed by atoms with van der Waals surface area (Å²) in [6, 6.07) is 7.02. The molecule has 1 fully saturated rings. The number of aromatic amines is 1. The van der Waals surface area contributed by atoms with Crippen molar-refractivity contribution in [1.82, 2.24) is 15.1 Å². The summed E-state index contributed by atoms with van der Waals surface area (Å²) in [5.74, 6) is 0.568. The van der Waals surface area contributed by atoms with Crippen molar-refractivity contribution in [1.29, 1.82) is 0 Å². The van der Waals surface area contributed by atoms with Crippen LogP contribution >= 0.6 is 23.2 Å². The minimum absolute atomic E-state index is 0.00517. The molecule has 7 heteroatoms. The van der Waals surface area contributed by atoms with Crippen LogP contribution in [0.1, 0.15) is 32.1 Å². The van der Waals surface area contributed by atoms with Crippen LogP contribution in [0.5, 0.6) is 0 Å². The van der Waals surface area contributed by atoms with Crippen molar-refractivity contribution in [3.8, 4) is 11.3 Å². The highest BCUT2D eigenvalue weighted by atomic mass is 35.5. The first-order valence-electron chi connectivity index (χ1n) is 8.65. The maximum Gasteiger partial charge on any atom is 0.225 e. The molecule has 3 rings (SSSR count). The van der Waals surface area contributed by atoms with Gasteiger partial charge >= 0.3 is 0 Å². The maximum atomic E-state index is 12.1. The van der Waals surface area contributed by atoms with Crippen molar-refractivity contribution in [3.63, 3.8) is 0 Å². The Morgan fingerprint density at radius 2 is 2.00 bits per heavy atom. The van der Waals surface area contributed by atoms with Crippen LogP contribution in [-0.2, 0) is 4.79 Å². The molecule has 1 aromatic heterocycles. The Hall–Kier alpha value is -1.56. The van der Waals surface area contributed by atoms with Gasteiger partial charge in [0.15, 0.2) is 0 Å². The van der Waals surface area contributed by atoms with Gasteiger partial charge in [-0.1, -0.05) is 29.6 Å². The van der Waals surface area contributed by atoms with Gasteiger partial charge in [-0.25, -0.2) is 0 Å². The molecule has 0 spiro atoms. The molecule has 2 aromatic rings. The summed E-state index contributed by atoms with van der Waals surface area (Å²) in [6.07, 6.45) is 5.26. The summed E-state index contributed by atoms with van der Waals surface area (Å²) in [5, 5.41) is 11.0. The van der Waals surface area contributed by atoms with E-state index in [0.29, 0.717) is 28.0 Å². The summed E-state index contributed by atoms with van der Waals surface area (Å²) in [4.78, 5) is 14.5. The van der Waals surface area contributed by atoms with E-state index in [9.17, 15) is 4.79 Å². The number of carbonyl (C=O) groups excluding carboxylic acids is 1. The van der Waals surface area contributed by atoms with E-state index in [1.54, 1.807) is 18.2 Å². The van der Waals surface area contributed by atoms with E-state index in [0.717, 1.165) is 31.6 Å². The monoisotopic (exact) mass is 380 g/mol. The number of nitrogens with one attached hydrogen (secondary N) is 2. The molecule has 2 heterocycles. The highest BCUT2D eigenvalue weighted by Gasteiger charge is 2.12. The molecule has 0 radical (unpaired) electrons. The first kappa shape index (κ1) is 18.2. The standard InChI is InChI=1S/C18H22Cl2N4O/c19-13-6-7-14(15(20)11-13)16-12-17(23-22-16)21-18(25)5-4-10-24-8-2-1-3-9-24/h6-7,11-12H,1-5,8-10H2,(H2,21,22,23,25). The molecule has 0 unspecified atom stereocenters. The normalized spacial score (nSPS) is 15.3. The molecular formula is C18H22Cl2N4O. The van der Waals surface area contributed by atoms with Crippen molar-refractivity contribution in [2.24, 2.45) is 0 Å². The van der Waals surface area contributed by atoms with Gasteiger partial charge in [-0.2, -0.15) is 5.10 Å². The minimum Gasteiger partial charge on any atom is -0.311 e. The Bertz CT molecular complexity index is 726. The molecule has 1 aromatic carbocycles. The predicted octanol–water partition coefficient (Wildman–Crippen LogP) is 4.59. The highest BCUT2D eigenvalue weighted by molar-refractivity contribution is 6.36. The van der Waals surface area contributed by atoms with Crippen molar-refractivity contribution in [2.75, 3.05) is 25.0 Å². The lowest BCUT2D eigenvalue weighted by atomic mass is 10.1. The number of hydrogen-bond donors (Lipinski definition) is 2. The number of likely N-dealkylation sites (tertiary alicyclic amines) is 1. The average Bonchev–Trinajstić information content (AvgIpc) is 3.04. The zero-order chi connectivity index (χ0) is 17.6. The van der Waals surface area contributed by atoms with Gasteiger partial charge in [-0.15, -0.1) is 0 Å². The smallest absolute Gasteiger partial charge is 0.225 e. The van der Waals surface area contributed by atoms with Crippen LogP contribution in [0, 0.1) is 0 Å². The van der Waals surface area contributed by atoms with Gasteiger partial charge in [-0.3, -0.25) is 9.89 Å². The molecule has 1 amide bonds. The Balaban J connectivity index is 1.49. The van der Waals surface area contributed by atoms with E-state index in [2.05, 4.69) is 20.4 Å². The third-order valence-corrected chi connectivity index (χ3v) is 4.93. The molecule has 1 saturated heterocycles. The van der Waals surface area contributed by atoms with E-state index < -0.39 is 0 Å². The molecule has 2 N–H and O–H groups in total. The predicted molar refractivity (Wildman–Crippen MR) is 102 cm³/mol. The third-order valence-electron chi connectivity index (χ3n) is 4.39. The topological polar surface area (TPSA) is 61.0 Å². The van der Waals surface area contributed by atoms with Crippen LogP contribution in [0.4, 0.5) is 5.82 Å². The minimum atomic E-state index is -0.00517. The fraction of sp³-hybridized carbons (Fsp3) is 0.444. The van der Waals surface area contributed by atoms with E-state index in [1.165, 1.54) is 19.3 Å². The molecular weight excluding hydrogens is 359 g/mol. The van der Waals surface area contributed by atoms with Gasteiger partial charge in [-0.05, 0) is 57.1 Å². The van der Waals surface area contributed by atoms with Crippen LogP contribution < -0.4 is 5.32 Å². The summed E-state index contributed by atoms with van der Waals surface area (Å²) >= 11 is 12.1. The second-order valence-electron chi connectivity index (χ2n) is 6.35. The third kappa shape index (κ3) is 5.21. The number of anilines is 1. The lowest BCUT2D eigenvalue weighted by Crippen LogP contribution is -2.31. The number of rotatable bonds is 6. The lowest BCUT2D eigenvalue weighted by molar-refractivity contribution is -0.116. The number of nitrogens with zero attached hydrogens (tertiary/aromatic N) is 2. The summed E-state index contributed by atoms with van der Waals surface area (Å²) in [6.45, 7) is 3.31. The number of halogens is 2. The molecule has 25 heavy (non-hydrogen) atoms. The fourth-order valence-corrected chi connectivity index (χ4v) is 3.59. The Morgan fingerprint density at radius 3 is 2.76 bits per heavy atom. The van der Waals surface area contributed by atoms with E-state index in [1.807, 2.05) is 6.07 Å². The molecule has 0 bridgehead atoms. The molecule has 1 aliphatic heterocycles. The highest BCUT2D eigenvalue weighted by Crippen LogP contribution is 2.30. The maximum absolute atomic E-state index is 12.1. The van der Waals surface area contributed by atoms with Crippen molar-refractivity contribution >= 4 is 34.9 Å². The first-order chi connectivity index (χ1) is 12.1. The van der Waals surface area contributed by atoms with Crippen LogP contribution in [0.25, 0.3) is 11.3 Å². The summed E-state index contributed by atoms with van der Waals surface area (Å²) < 4.78 is 0. The molecule has 1 aliphatic rings. The number of benzene rings is 1. The summed E-state index contributed by atoms with van der Waals surface area (Å²) in [5.41, 5.74) is 1.44. The first-order valence-corrected chi connectivity index (χ1v) is 9.40. The molecule has 134 valence electrons. The Kier molecular flexibility index (Phi) is 6.34.